The Morgan fingerprint density at radius 3 is 3.11 bits per heavy atom. The van der Waals surface area contributed by atoms with E-state index in [4.69, 9.17) is 4.74 Å². The van der Waals surface area contributed by atoms with Gasteiger partial charge in [-0.2, -0.15) is 0 Å². The summed E-state index contributed by atoms with van der Waals surface area (Å²) in [7, 11) is 0. The Labute approximate surface area is 53.4 Å². The van der Waals surface area contributed by atoms with Crippen LogP contribution < -0.4 is 5.32 Å². The molecule has 0 aromatic rings. The van der Waals surface area contributed by atoms with Gasteiger partial charge in [0.05, 0.1) is 19.3 Å². The van der Waals surface area contributed by atoms with Crippen LogP contribution in [-0.4, -0.2) is 31.1 Å². The normalized spacial score (nSPS) is 41.6. The molecule has 2 heterocycles. The largest absolute Gasteiger partial charge is 0.378 e. The molecule has 2 rings (SSSR count). The number of ether oxygens (including phenoxy) is 1. The highest BCUT2D eigenvalue weighted by Crippen LogP contribution is 2.13. The predicted molar refractivity (Wildman–Crippen MR) is 31.2 cm³/mol. The van der Waals surface area contributed by atoms with Crippen LogP contribution in [0.3, 0.4) is 0 Å². The Bertz CT molecular complexity index is 146. The summed E-state index contributed by atoms with van der Waals surface area (Å²) in [4.78, 5) is 10.9. The molecule has 2 atom stereocenters. The van der Waals surface area contributed by atoms with Gasteiger partial charge in [-0.15, -0.1) is 0 Å². The Balaban J connectivity index is 2.15. The zero-order chi connectivity index (χ0) is 6.27. The van der Waals surface area contributed by atoms with Crippen molar-refractivity contribution >= 4 is 5.78 Å². The zero-order valence-corrected chi connectivity index (χ0v) is 5.09. The van der Waals surface area contributed by atoms with Crippen LogP contribution in [0.5, 0.6) is 0 Å². The zero-order valence-electron chi connectivity index (χ0n) is 5.09. The SMILES string of the molecule is O=C1CC2COCC1N2. The van der Waals surface area contributed by atoms with Gasteiger partial charge in [0.15, 0.2) is 5.78 Å². The second-order valence-corrected chi connectivity index (χ2v) is 2.62. The van der Waals surface area contributed by atoms with Crippen molar-refractivity contribution < 1.29 is 9.53 Å². The molecule has 3 nitrogen and oxygen atoms in total. The topological polar surface area (TPSA) is 38.3 Å². The van der Waals surface area contributed by atoms with Crippen molar-refractivity contribution in [3.63, 3.8) is 0 Å². The van der Waals surface area contributed by atoms with E-state index in [0.29, 0.717) is 31.5 Å². The summed E-state index contributed by atoms with van der Waals surface area (Å²) >= 11 is 0. The minimum atomic E-state index is 0.0174. The monoisotopic (exact) mass is 127 g/mol. The van der Waals surface area contributed by atoms with Crippen molar-refractivity contribution in [3.05, 3.63) is 0 Å². The standard InChI is InChI=1S/C6H9NO2/c8-6-1-4-2-9-3-5(6)7-4/h4-5,7H,1-3H2. The minimum Gasteiger partial charge on any atom is -0.378 e. The highest BCUT2D eigenvalue weighted by molar-refractivity contribution is 5.87. The number of morpholine rings is 1. The van der Waals surface area contributed by atoms with E-state index in [-0.39, 0.29) is 6.04 Å². The summed E-state index contributed by atoms with van der Waals surface area (Å²) in [6.45, 7) is 1.29. The van der Waals surface area contributed by atoms with Gasteiger partial charge < -0.3 is 10.1 Å². The lowest BCUT2D eigenvalue weighted by Crippen LogP contribution is -2.42. The molecule has 3 heteroatoms. The van der Waals surface area contributed by atoms with Crippen LogP contribution in [0.15, 0.2) is 0 Å². The Hall–Kier alpha value is -0.410. The van der Waals surface area contributed by atoms with Crippen LogP contribution in [-0.2, 0) is 9.53 Å². The highest BCUT2D eigenvalue weighted by atomic mass is 16.5. The molecule has 0 saturated carbocycles. The Morgan fingerprint density at radius 2 is 2.44 bits per heavy atom. The molecule has 2 aliphatic heterocycles. The highest BCUT2D eigenvalue weighted by Gasteiger charge is 2.35. The van der Waals surface area contributed by atoms with E-state index >= 15 is 0 Å². The second-order valence-electron chi connectivity index (χ2n) is 2.62. The molecule has 0 aromatic heterocycles. The summed E-state index contributed by atoms with van der Waals surface area (Å²) in [5.41, 5.74) is 0. The molecule has 2 aliphatic rings. The maximum absolute atomic E-state index is 10.9. The van der Waals surface area contributed by atoms with Crippen LogP contribution in [0, 0.1) is 0 Å². The van der Waals surface area contributed by atoms with Gasteiger partial charge in [-0.05, 0) is 0 Å². The average molecular weight is 127 g/mol. The van der Waals surface area contributed by atoms with Gasteiger partial charge in [-0.1, -0.05) is 0 Å². The van der Waals surface area contributed by atoms with E-state index in [1.54, 1.807) is 0 Å². The van der Waals surface area contributed by atoms with Gasteiger partial charge >= 0.3 is 0 Å². The summed E-state index contributed by atoms with van der Waals surface area (Å²) in [6.07, 6.45) is 0.671. The molecule has 0 aliphatic carbocycles. The number of hydrogen-bond acceptors (Lipinski definition) is 3. The van der Waals surface area contributed by atoms with Crippen molar-refractivity contribution in [1.29, 1.82) is 0 Å². The van der Waals surface area contributed by atoms with Crippen molar-refractivity contribution in [1.82, 2.24) is 5.32 Å². The summed E-state index contributed by atoms with van der Waals surface area (Å²) < 4.78 is 5.14. The van der Waals surface area contributed by atoms with E-state index in [1.807, 2.05) is 0 Å². The summed E-state index contributed by atoms with van der Waals surface area (Å²) in [5.74, 6) is 0.317. The van der Waals surface area contributed by atoms with E-state index in [0.717, 1.165) is 0 Å². The molecule has 2 unspecified atom stereocenters. The Morgan fingerprint density at radius 1 is 1.56 bits per heavy atom. The summed E-state index contributed by atoms with van der Waals surface area (Å²) in [6, 6.07) is 0.333. The maximum Gasteiger partial charge on any atom is 0.153 e. The van der Waals surface area contributed by atoms with Crippen LogP contribution in [0.25, 0.3) is 0 Å². The lowest BCUT2D eigenvalue weighted by atomic mass is 10.2. The maximum atomic E-state index is 10.9. The van der Waals surface area contributed by atoms with Crippen molar-refractivity contribution in [2.75, 3.05) is 13.2 Å². The minimum absolute atomic E-state index is 0.0174. The molecule has 9 heavy (non-hydrogen) atoms. The van der Waals surface area contributed by atoms with Gasteiger partial charge in [0.25, 0.3) is 0 Å². The van der Waals surface area contributed by atoms with E-state index in [9.17, 15) is 4.79 Å². The number of nitrogens with one attached hydrogen (secondary N) is 1. The lowest BCUT2D eigenvalue weighted by Gasteiger charge is -2.19. The number of hydrogen-bond donors (Lipinski definition) is 1. The third-order valence-electron chi connectivity index (χ3n) is 1.88. The molecule has 0 amide bonds. The fourth-order valence-corrected chi connectivity index (χ4v) is 1.40. The molecule has 2 fully saturated rings. The van der Waals surface area contributed by atoms with Crippen LogP contribution in [0.2, 0.25) is 0 Å². The first-order valence-electron chi connectivity index (χ1n) is 3.23. The van der Waals surface area contributed by atoms with Crippen molar-refractivity contribution in [2.45, 2.75) is 18.5 Å². The quantitative estimate of drug-likeness (QED) is 0.468. The first kappa shape index (κ1) is 5.38. The van der Waals surface area contributed by atoms with Gasteiger partial charge in [0.1, 0.15) is 0 Å². The molecule has 2 saturated heterocycles. The number of fused-ring (bicyclic) bond motifs is 2. The number of ketones is 1. The third-order valence-corrected chi connectivity index (χ3v) is 1.88. The molecule has 2 bridgehead atoms. The van der Waals surface area contributed by atoms with Crippen molar-refractivity contribution in [3.8, 4) is 0 Å². The third kappa shape index (κ3) is 0.767. The number of carbonyl (C=O) groups excluding carboxylic acids is 1. The van der Waals surface area contributed by atoms with Crippen LogP contribution in [0.4, 0.5) is 0 Å². The van der Waals surface area contributed by atoms with Gasteiger partial charge in [-0.25, -0.2) is 0 Å². The molecule has 0 spiro atoms. The van der Waals surface area contributed by atoms with Crippen LogP contribution in [0.1, 0.15) is 6.42 Å². The average Bonchev–Trinajstić information content (AvgIpc) is 2.09. The molecular weight excluding hydrogens is 118 g/mol. The number of Topliss-reactive ketones (excluding diaryl/α,β-unsaturated/α-hetero) is 1. The molecule has 50 valence electrons. The van der Waals surface area contributed by atoms with Gasteiger partial charge in [0, 0.05) is 12.5 Å². The van der Waals surface area contributed by atoms with Gasteiger partial charge in [0.2, 0.25) is 0 Å². The lowest BCUT2D eigenvalue weighted by molar-refractivity contribution is -0.119. The smallest absolute Gasteiger partial charge is 0.153 e. The van der Waals surface area contributed by atoms with Crippen molar-refractivity contribution in [2.24, 2.45) is 0 Å². The first-order valence-corrected chi connectivity index (χ1v) is 3.23. The van der Waals surface area contributed by atoms with Gasteiger partial charge in [-0.3, -0.25) is 4.79 Å². The van der Waals surface area contributed by atoms with E-state index < -0.39 is 0 Å². The number of carbonyl (C=O) groups is 1. The fraction of sp³-hybridized carbons (Fsp3) is 0.833. The fourth-order valence-electron chi connectivity index (χ4n) is 1.40. The Kier molecular flexibility index (Phi) is 1.07. The number of rotatable bonds is 0. The summed E-state index contributed by atoms with van der Waals surface area (Å²) in [5, 5.41) is 3.17. The second kappa shape index (κ2) is 1.78. The van der Waals surface area contributed by atoms with Crippen LogP contribution >= 0.6 is 0 Å². The van der Waals surface area contributed by atoms with E-state index in [1.165, 1.54) is 0 Å². The first-order chi connectivity index (χ1) is 4.36. The molecule has 1 N–H and O–H groups in total. The predicted octanol–water partition coefficient (Wildman–Crippen LogP) is -0.684. The molecule has 0 aromatic carbocycles. The van der Waals surface area contributed by atoms with E-state index in [2.05, 4.69) is 5.32 Å². The molecule has 0 radical (unpaired) electrons. The molecular formula is C6H9NO2.